The summed E-state index contributed by atoms with van der Waals surface area (Å²) in [6, 6.07) is 9.16. The fourth-order valence-corrected chi connectivity index (χ4v) is 3.12. The fraction of sp³-hybridized carbons (Fsp3) is 0.600. The molecule has 1 nitrogen and oxygen atoms in total. The summed E-state index contributed by atoms with van der Waals surface area (Å²) in [6.45, 7) is 13.7. The van der Waals surface area contributed by atoms with Crippen molar-refractivity contribution >= 4 is 25.0 Å². The van der Waals surface area contributed by atoms with Crippen LogP contribution in [0.1, 0.15) is 19.4 Å². The molecule has 0 fully saturated rings. The van der Waals surface area contributed by atoms with Gasteiger partial charge in [-0.1, -0.05) is 49.1 Å². The van der Waals surface area contributed by atoms with Gasteiger partial charge in [-0.05, 0) is 25.7 Å². The highest BCUT2D eigenvalue weighted by atomic mass is 32.2. The van der Waals surface area contributed by atoms with E-state index in [1.54, 1.807) is 0 Å². The number of benzene rings is 1. The minimum Gasteiger partial charge on any atom is -0.311 e. The first-order chi connectivity index (χ1) is 8.24. The van der Waals surface area contributed by atoms with Crippen LogP contribution in [-0.4, -0.2) is 25.6 Å². The van der Waals surface area contributed by atoms with Crippen LogP contribution in [0.25, 0.3) is 0 Å². The summed E-state index contributed by atoms with van der Waals surface area (Å²) >= 11 is 1.91. The van der Waals surface area contributed by atoms with Crippen molar-refractivity contribution in [3.8, 4) is 0 Å². The van der Waals surface area contributed by atoms with Crippen molar-refractivity contribution < 1.29 is 0 Å². The Morgan fingerprint density at radius 2 is 1.67 bits per heavy atom. The lowest BCUT2D eigenvalue weighted by Gasteiger charge is -2.22. The Kier molecular flexibility index (Phi) is 5.50. The lowest BCUT2D eigenvalue weighted by atomic mass is 10.2. The van der Waals surface area contributed by atoms with Gasteiger partial charge in [0.25, 0.3) is 0 Å². The zero-order valence-corrected chi connectivity index (χ0v) is 14.4. The van der Waals surface area contributed by atoms with E-state index in [2.05, 4.69) is 69.3 Å². The third-order valence-electron chi connectivity index (χ3n) is 3.25. The summed E-state index contributed by atoms with van der Waals surface area (Å²) in [5, 5.41) is 5.08. The van der Waals surface area contributed by atoms with Crippen LogP contribution >= 0.6 is 11.8 Å². The molecule has 0 amide bonds. The van der Waals surface area contributed by atoms with Gasteiger partial charge in [-0.15, -0.1) is 0 Å². The SMILES string of the molecule is CSC(C)(C)CNCc1ccc([Si](C)(C)C)cc1. The van der Waals surface area contributed by atoms with Gasteiger partial charge in [0.15, 0.2) is 0 Å². The maximum Gasteiger partial charge on any atom is 0.0775 e. The molecule has 102 valence electrons. The fourth-order valence-electron chi connectivity index (χ4n) is 1.70. The Morgan fingerprint density at radius 1 is 1.11 bits per heavy atom. The lowest BCUT2D eigenvalue weighted by Crippen LogP contribution is -2.37. The third-order valence-corrected chi connectivity index (χ3v) is 6.57. The molecule has 0 aromatic heterocycles. The summed E-state index contributed by atoms with van der Waals surface area (Å²) in [5.41, 5.74) is 1.38. The molecule has 3 heteroatoms. The van der Waals surface area contributed by atoms with Gasteiger partial charge < -0.3 is 5.32 Å². The topological polar surface area (TPSA) is 12.0 Å². The molecule has 1 aromatic carbocycles. The van der Waals surface area contributed by atoms with Crippen LogP contribution in [0.2, 0.25) is 19.6 Å². The maximum atomic E-state index is 3.54. The second-order valence-electron chi connectivity index (χ2n) is 6.51. The van der Waals surface area contributed by atoms with Gasteiger partial charge in [0, 0.05) is 17.8 Å². The number of hydrogen-bond donors (Lipinski definition) is 1. The summed E-state index contributed by atoms with van der Waals surface area (Å²) < 4.78 is 0.318. The highest BCUT2D eigenvalue weighted by Gasteiger charge is 2.16. The summed E-state index contributed by atoms with van der Waals surface area (Å²) in [5.74, 6) is 0. The van der Waals surface area contributed by atoms with E-state index in [0.29, 0.717) is 4.75 Å². The van der Waals surface area contributed by atoms with Crippen LogP contribution in [0.4, 0.5) is 0 Å². The molecule has 0 spiro atoms. The minimum absolute atomic E-state index is 0.318. The molecule has 1 aromatic rings. The summed E-state index contributed by atoms with van der Waals surface area (Å²) in [6.07, 6.45) is 2.17. The van der Waals surface area contributed by atoms with Gasteiger partial charge in [-0.2, -0.15) is 11.8 Å². The molecule has 0 radical (unpaired) electrons. The van der Waals surface area contributed by atoms with Crippen molar-refractivity contribution in [3.05, 3.63) is 29.8 Å². The molecule has 1 N–H and O–H groups in total. The molecule has 0 atom stereocenters. The van der Waals surface area contributed by atoms with Crippen molar-refractivity contribution in [1.82, 2.24) is 5.32 Å². The average Bonchev–Trinajstić information content (AvgIpc) is 2.28. The van der Waals surface area contributed by atoms with E-state index in [1.807, 2.05) is 11.8 Å². The van der Waals surface area contributed by atoms with Gasteiger partial charge in [-0.3, -0.25) is 0 Å². The standard InChI is InChI=1S/C15H27NSSi/c1-15(2,17-3)12-16-11-13-7-9-14(10-8-13)18(4,5)6/h7-10,16H,11-12H2,1-6H3. The van der Waals surface area contributed by atoms with Gasteiger partial charge in [-0.25, -0.2) is 0 Å². The molecular weight excluding hydrogens is 254 g/mol. The van der Waals surface area contributed by atoms with Gasteiger partial charge in [0.1, 0.15) is 0 Å². The Labute approximate surface area is 118 Å². The van der Waals surface area contributed by atoms with E-state index in [1.165, 1.54) is 10.8 Å². The van der Waals surface area contributed by atoms with Gasteiger partial charge in [0.2, 0.25) is 0 Å². The van der Waals surface area contributed by atoms with Crippen LogP contribution < -0.4 is 10.5 Å². The molecule has 0 heterocycles. The number of hydrogen-bond acceptors (Lipinski definition) is 2. The predicted octanol–water partition coefficient (Wildman–Crippen LogP) is 3.46. The lowest BCUT2D eigenvalue weighted by molar-refractivity contribution is 0.591. The van der Waals surface area contributed by atoms with Crippen molar-refractivity contribution in [2.24, 2.45) is 0 Å². The third kappa shape index (κ3) is 5.17. The Balaban J connectivity index is 2.50. The van der Waals surface area contributed by atoms with Crippen molar-refractivity contribution in [2.45, 2.75) is 44.8 Å². The average molecular weight is 282 g/mol. The van der Waals surface area contributed by atoms with Crippen molar-refractivity contribution in [1.29, 1.82) is 0 Å². The van der Waals surface area contributed by atoms with E-state index in [4.69, 9.17) is 0 Å². The van der Waals surface area contributed by atoms with Crippen LogP contribution in [0, 0.1) is 0 Å². The molecular formula is C15H27NSSi. The second-order valence-corrected chi connectivity index (χ2v) is 13.1. The first kappa shape index (κ1) is 15.8. The zero-order valence-electron chi connectivity index (χ0n) is 12.6. The molecule has 0 unspecified atom stereocenters. The Bertz CT molecular complexity index is 365. The molecule has 0 aliphatic rings. The van der Waals surface area contributed by atoms with Gasteiger partial charge in [0.05, 0.1) is 8.07 Å². The first-order valence-corrected chi connectivity index (χ1v) is 11.3. The smallest absolute Gasteiger partial charge is 0.0775 e. The predicted molar refractivity (Wildman–Crippen MR) is 88.7 cm³/mol. The molecule has 0 saturated carbocycles. The summed E-state index contributed by atoms with van der Waals surface area (Å²) in [4.78, 5) is 0. The monoisotopic (exact) mass is 281 g/mol. The number of rotatable bonds is 6. The van der Waals surface area contributed by atoms with Crippen LogP contribution in [0.3, 0.4) is 0 Å². The highest BCUT2D eigenvalue weighted by molar-refractivity contribution is 7.99. The molecule has 18 heavy (non-hydrogen) atoms. The molecule has 0 aliphatic heterocycles. The van der Waals surface area contributed by atoms with Gasteiger partial charge >= 0.3 is 0 Å². The second kappa shape index (κ2) is 6.26. The summed E-state index contributed by atoms with van der Waals surface area (Å²) in [7, 11) is -1.15. The maximum absolute atomic E-state index is 3.54. The Morgan fingerprint density at radius 3 is 2.11 bits per heavy atom. The number of thioether (sulfide) groups is 1. The van der Waals surface area contributed by atoms with E-state index >= 15 is 0 Å². The van der Waals surface area contributed by atoms with E-state index in [-0.39, 0.29) is 0 Å². The largest absolute Gasteiger partial charge is 0.311 e. The molecule has 0 bridgehead atoms. The van der Waals surface area contributed by atoms with Crippen molar-refractivity contribution in [2.75, 3.05) is 12.8 Å². The van der Waals surface area contributed by atoms with E-state index < -0.39 is 8.07 Å². The first-order valence-electron chi connectivity index (χ1n) is 6.60. The molecule has 0 saturated heterocycles. The molecule has 0 aliphatic carbocycles. The van der Waals surface area contributed by atoms with Crippen LogP contribution in [0.5, 0.6) is 0 Å². The minimum atomic E-state index is -1.15. The number of nitrogens with one attached hydrogen (secondary N) is 1. The van der Waals surface area contributed by atoms with Crippen molar-refractivity contribution in [3.63, 3.8) is 0 Å². The zero-order chi connectivity index (χ0) is 13.8. The van der Waals surface area contributed by atoms with E-state index in [0.717, 1.165) is 13.1 Å². The quantitative estimate of drug-likeness (QED) is 0.802. The Hall–Kier alpha value is -0.253. The normalized spacial score (nSPS) is 12.8. The molecule has 1 rings (SSSR count). The van der Waals surface area contributed by atoms with Crippen LogP contribution in [0.15, 0.2) is 24.3 Å². The van der Waals surface area contributed by atoms with Crippen LogP contribution in [-0.2, 0) is 6.54 Å². The highest BCUT2D eigenvalue weighted by Crippen LogP contribution is 2.19. The van der Waals surface area contributed by atoms with E-state index in [9.17, 15) is 0 Å².